The Hall–Kier alpha value is -2.04. The molecule has 1 aliphatic rings. The molecule has 0 saturated carbocycles. The van der Waals surface area contributed by atoms with Crippen LogP contribution in [0.15, 0.2) is 24.3 Å². The fraction of sp³-hybridized carbons (Fsp3) is 0.467. The van der Waals surface area contributed by atoms with Crippen molar-refractivity contribution in [2.75, 3.05) is 24.5 Å². The van der Waals surface area contributed by atoms with Crippen LogP contribution >= 0.6 is 0 Å². The van der Waals surface area contributed by atoms with Crippen molar-refractivity contribution in [3.63, 3.8) is 0 Å². The molecule has 1 aromatic rings. The number of carboxylic acid groups (broad SMARTS) is 1. The Morgan fingerprint density at radius 3 is 2.40 bits per heavy atom. The lowest BCUT2D eigenvalue weighted by Gasteiger charge is -2.32. The summed E-state index contributed by atoms with van der Waals surface area (Å²) in [7, 11) is 0. The summed E-state index contributed by atoms with van der Waals surface area (Å²) < 4.78 is 0. The van der Waals surface area contributed by atoms with E-state index in [1.807, 2.05) is 12.1 Å². The van der Waals surface area contributed by atoms with Crippen molar-refractivity contribution >= 4 is 17.6 Å². The van der Waals surface area contributed by atoms with Crippen LogP contribution in [0.3, 0.4) is 0 Å². The number of amides is 1. The van der Waals surface area contributed by atoms with Crippen molar-refractivity contribution in [2.45, 2.75) is 19.8 Å². The van der Waals surface area contributed by atoms with Crippen LogP contribution in [0, 0.1) is 5.92 Å². The molecule has 0 aromatic heterocycles. The van der Waals surface area contributed by atoms with Gasteiger partial charge in [-0.15, -0.1) is 0 Å². The topological polar surface area (TPSA) is 69.6 Å². The number of nitrogens with zero attached hydrogens (tertiary/aromatic N) is 1. The molecule has 1 saturated heterocycles. The lowest BCUT2D eigenvalue weighted by Crippen LogP contribution is -2.33. The van der Waals surface area contributed by atoms with Crippen LogP contribution in [-0.4, -0.2) is 36.6 Å². The summed E-state index contributed by atoms with van der Waals surface area (Å²) in [4.78, 5) is 24.4. The van der Waals surface area contributed by atoms with E-state index in [4.69, 9.17) is 5.11 Å². The highest BCUT2D eigenvalue weighted by molar-refractivity contribution is 5.96. The zero-order valence-electron chi connectivity index (χ0n) is 11.6. The predicted octanol–water partition coefficient (Wildman–Crippen LogP) is 1.74. The fourth-order valence-corrected chi connectivity index (χ4v) is 2.35. The Kier molecular flexibility index (Phi) is 4.61. The summed E-state index contributed by atoms with van der Waals surface area (Å²) in [6.45, 7) is 4.01. The van der Waals surface area contributed by atoms with Crippen LogP contribution in [-0.2, 0) is 4.79 Å². The Bertz CT molecular complexity index is 476. The Labute approximate surface area is 118 Å². The Balaban J connectivity index is 1.95. The molecule has 108 valence electrons. The molecule has 0 atom stereocenters. The number of piperidine rings is 1. The van der Waals surface area contributed by atoms with E-state index < -0.39 is 5.97 Å². The number of anilines is 1. The van der Waals surface area contributed by atoms with Gasteiger partial charge < -0.3 is 15.3 Å². The average molecular weight is 276 g/mol. The molecule has 0 aliphatic carbocycles. The van der Waals surface area contributed by atoms with Crippen LogP contribution in [0.2, 0.25) is 0 Å². The number of benzene rings is 1. The molecule has 0 spiro atoms. The highest BCUT2D eigenvalue weighted by atomic mass is 16.4. The van der Waals surface area contributed by atoms with Crippen molar-refractivity contribution in [1.82, 2.24) is 5.32 Å². The van der Waals surface area contributed by atoms with Crippen molar-refractivity contribution in [3.8, 4) is 0 Å². The molecule has 2 N–H and O–H groups in total. The minimum absolute atomic E-state index is 0.355. The molecule has 2 rings (SSSR count). The zero-order chi connectivity index (χ0) is 14.5. The predicted molar refractivity (Wildman–Crippen MR) is 77.0 cm³/mol. The third kappa shape index (κ3) is 3.73. The Morgan fingerprint density at radius 2 is 1.85 bits per heavy atom. The minimum atomic E-state index is -1.04. The molecule has 1 amide bonds. The lowest BCUT2D eigenvalue weighted by molar-refractivity contribution is -0.135. The second kappa shape index (κ2) is 6.41. The van der Waals surface area contributed by atoms with Crippen molar-refractivity contribution in [2.24, 2.45) is 5.92 Å². The molecular weight excluding hydrogens is 256 g/mol. The highest BCUT2D eigenvalue weighted by Gasteiger charge is 2.16. The molecule has 1 fully saturated rings. The minimum Gasteiger partial charge on any atom is -0.480 e. The van der Waals surface area contributed by atoms with Gasteiger partial charge in [-0.2, -0.15) is 0 Å². The summed E-state index contributed by atoms with van der Waals surface area (Å²) >= 11 is 0. The van der Waals surface area contributed by atoms with Gasteiger partial charge in [0, 0.05) is 24.3 Å². The first-order valence-corrected chi connectivity index (χ1v) is 6.91. The molecule has 1 aliphatic heterocycles. The molecule has 5 nitrogen and oxygen atoms in total. The van der Waals surface area contributed by atoms with E-state index in [0.29, 0.717) is 5.56 Å². The number of rotatable bonds is 4. The van der Waals surface area contributed by atoms with Gasteiger partial charge in [-0.1, -0.05) is 6.92 Å². The maximum atomic E-state index is 11.7. The van der Waals surface area contributed by atoms with Crippen LogP contribution < -0.4 is 10.2 Å². The highest BCUT2D eigenvalue weighted by Crippen LogP contribution is 2.23. The number of aliphatic carboxylic acids is 1. The summed E-state index contributed by atoms with van der Waals surface area (Å²) in [6, 6.07) is 7.33. The largest absolute Gasteiger partial charge is 0.480 e. The van der Waals surface area contributed by atoms with Gasteiger partial charge in [0.1, 0.15) is 6.54 Å². The number of carboxylic acids is 1. The second-order valence-electron chi connectivity index (χ2n) is 5.29. The zero-order valence-corrected chi connectivity index (χ0v) is 11.6. The van der Waals surface area contributed by atoms with Crippen molar-refractivity contribution in [3.05, 3.63) is 29.8 Å². The molecule has 1 aromatic carbocycles. The van der Waals surface area contributed by atoms with E-state index in [1.54, 1.807) is 12.1 Å². The maximum Gasteiger partial charge on any atom is 0.322 e. The van der Waals surface area contributed by atoms with Crippen molar-refractivity contribution in [1.29, 1.82) is 0 Å². The molecule has 5 heteroatoms. The van der Waals surface area contributed by atoms with Gasteiger partial charge in [0.25, 0.3) is 5.91 Å². The third-order valence-electron chi connectivity index (χ3n) is 3.68. The third-order valence-corrected chi connectivity index (χ3v) is 3.68. The SMILES string of the molecule is CC1CCN(c2ccc(C(=O)NCC(=O)O)cc2)CC1. The van der Waals surface area contributed by atoms with Gasteiger partial charge in [0.15, 0.2) is 0 Å². The normalized spacial score (nSPS) is 15.9. The molecule has 0 bridgehead atoms. The number of hydrogen-bond donors (Lipinski definition) is 2. The summed E-state index contributed by atoms with van der Waals surface area (Å²) in [6.07, 6.45) is 2.39. The van der Waals surface area contributed by atoms with Gasteiger partial charge in [-0.25, -0.2) is 0 Å². The summed E-state index contributed by atoms with van der Waals surface area (Å²) in [5.41, 5.74) is 1.60. The number of hydrogen-bond acceptors (Lipinski definition) is 3. The van der Waals surface area contributed by atoms with Gasteiger partial charge in [0.05, 0.1) is 0 Å². The number of carbonyl (C=O) groups is 2. The first-order chi connectivity index (χ1) is 9.56. The molecular formula is C15H20N2O3. The van der Waals surface area contributed by atoms with Crippen LogP contribution in [0.25, 0.3) is 0 Å². The van der Waals surface area contributed by atoms with Crippen LogP contribution in [0.5, 0.6) is 0 Å². The number of nitrogens with one attached hydrogen (secondary N) is 1. The number of carbonyl (C=O) groups excluding carboxylic acids is 1. The quantitative estimate of drug-likeness (QED) is 0.879. The monoisotopic (exact) mass is 276 g/mol. The van der Waals surface area contributed by atoms with Gasteiger partial charge in [-0.3, -0.25) is 9.59 Å². The van der Waals surface area contributed by atoms with Crippen LogP contribution in [0.1, 0.15) is 30.1 Å². The van der Waals surface area contributed by atoms with Gasteiger partial charge in [-0.05, 0) is 43.0 Å². The van der Waals surface area contributed by atoms with E-state index >= 15 is 0 Å². The van der Waals surface area contributed by atoms with E-state index in [1.165, 1.54) is 12.8 Å². The first kappa shape index (κ1) is 14.4. The summed E-state index contributed by atoms with van der Waals surface area (Å²) in [5, 5.41) is 10.9. The van der Waals surface area contributed by atoms with Crippen LogP contribution in [0.4, 0.5) is 5.69 Å². The van der Waals surface area contributed by atoms with E-state index in [2.05, 4.69) is 17.1 Å². The maximum absolute atomic E-state index is 11.7. The van der Waals surface area contributed by atoms with E-state index in [-0.39, 0.29) is 12.5 Å². The summed E-state index contributed by atoms with van der Waals surface area (Å²) in [5.74, 6) is -0.615. The molecule has 20 heavy (non-hydrogen) atoms. The lowest BCUT2D eigenvalue weighted by atomic mass is 9.98. The molecule has 0 radical (unpaired) electrons. The first-order valence-electron chi connectivity index (χ1n) is 6.91. The second-order valence-corrected chi connectivity index (χ2v) is 5.29. The fourth-order valence-electron chi connectivity index (χ4n) is 2.35. The van der Waals surface area contributed by atoms with Gasteiger partial charge >= 0.3 is 5.97 Å². The Morgan fingerprint density at radius 1 is 1.25 bits per heavy atom. The van der Waals surface area contributed by atoms with Crippen molar-refractivity contribution < 1.29 is 14.7 Å². The smallest absolute Gasteiger partial charge is 0.322 e. The van der Waals surface area contributed by atoms with Gasteiger partial charge in [0.2, 0.25) is 0 Å². The standard InChI is InChI=1S/C15H20N2O3/c1-11-6-8-17(9-7-11)13-4-2-12(3-5-13)15(20)16-10-14(18)19/h2-5,11H,6-10H2,1H3,(H,16,20)(H,18,19). The average Bonchev–Trinajstić information content (AvgIpc) is 2.46. The molecule has 0 unspecified atom stereocenters. The van der Waals surface area contributed by atoms with E-state index in [0.717, 1.165) is 24.7 Å². The molecule has 1 heterocycles. The van der Waals surface area contributed by atoms with E-state index in [9.17, 15) is 9.59 Å².